The van der Waals surface area contributed by atoms with E-state index in [9.17, 15) is 0 Å². The first kappa shape index (κ1) is 13.7. The molecule has 0 nitrogen and oxygen atoms in total. The predicted molar refractivity (Wildman–Crippen MR) is 77.4 cm³/mol. The zero-order valence-corrected chi connectivity index (χ0v) is 12.1. The van der Waals surface area contributed by atoms with Crippen molar-refractivity contribution in [3.8, 4) is 0 Å². The molecule has 0 saturated carbocycles. The molecule has 0 amide bonds. The van der Waals surface area contributed by atoms with Crippen LogP contribution >= 0.6 is 7.92 Å². The van der Waals surface area contributed by atoms with E-state index in [0.29, 0.717) is 5.92 Å². The molecule has 0 saturated heterocycles. The molecule has 0 fully saturated rings. The molecule has 0 N–H and O–H groups in total. The summed E-state index contributed by atoms with van der Waals surface area (Å²) in [7, 11) is 0.0750. The topological polar surface area (TPSA) is 0 Å². The average molecular weight is 236 g/mol. The highest BCUT2D eigenvalue weighted by atomic mass is 31.1. The minimum Gasteiger partial charge on any atom is -0.0862 e. The SMILES string of the molecule is CCCC(=C(CCC)P(C)C)C1C=CC=C1. The van der Waals surface area contributed by atoms with Crippen molar-refractivity contribution in [2.75, 3.05) is 13.3 Å². The fourth-order valence-corrected chi connectivity index (χ4v) is 3.85. The molecule has 0 radical (unpaired) electrons. The molecular formula is C15H25P. The second kappa shape index (κ2) is 7.07. The Morgan fingerprint density at radius 3 is 2.00 bits per heavy atom. The van der Waals surface area contributed by atoms with Gasteiger partial charge in [-0.3, -0.25) is 0 Å². The van der Waals surface area contributed by atoms with Gasteiger partial charge in [-0.2, -0.15) is 0 Å². The van der Waals surface area contributed by atoms with Crippen LogP contribution in [0.25, 0.3) is 0 Å². The molecule has 0 aromatic heterocycles. The summed E-state index contributed by atoms with van der Waals surface area (Å²) < 4.78 is 0. The number of hydrogen-bond acceptors (Lipinski definition) is 0. The first-order chi connectivity index (χ1) is 7.70. The van der Waals surface area contributed by atoms with Gasteiger partial charge in [0.2, 0.25) is 0 Å². The Morgan fingerprint density at radius 1 is 1.00 bits per heavy atom. The van der Waals surface area contributed by atoms with E-state index < -0.39 is 0 Å². The van der Waals surface area contributed by atoms with Crippen molar-refractivity contribution < 1.29 is 0 Å². The molecule has 16 heavy (non-hydrogen) atoms. The standard InChI is InChI=1S/C15H25P/c1-5-9-14(13-11-7-8-12-13)15(10-6-2)16(3)4/h7-8,11-13H,5-6,9-10H2,1-4H3. The Morgan fingerprint density at radius 2 is 1.56 bits per heavy atom. The third-order valence-corrected chi connectivity index (χ3v) is 4.66. The van der Waals surface area contributed by atoms with Gasteiger partial charge in [0.15, 0.2) is 0 Å². The highest BCUT2D eigenvalue weighted by Crippen LogP contribution is 2.45. The van der Waals surface area contributed by atoms with Crippen LogP contribution in [-0.2, 0) is 0 Å². The zero-order valence-electron chi connectivity index (χ0n) is 11.2. The van der Waals surface area contributed by atoms with E-state index in [0.717, 1.165) is 0 Å². The van der Waals surface area contributed by atoms with Crippen molar-refractivity contribution in [1.82, 2.24) is 0 Å². The maximum atomic E-state index is 2.40. The lowest BCUT2D eigenvalue weighted by Gasteiger charge is -2.21. The minimum absolute atomic E-state index is 0.0750. The van der Waals surface area contributed by atoms with Crippen LogP contribution in [0.4, 0.5) is 0 Å². The molecule has 0 atom stereocenters. The number of hydrogen-bond donors (Lipinski definition) is 0. The lowest BCUT2D eigenvalue weighted by Crippen LogP contribution is -2.00. The maximum absolute atomic E-state index is 2.40. The fraction of sp³-hybridized carbons (Fsp3) is 0.600. The van der Waals surface area contributed by atoms with E-state index in [-0.39, 0.29) is 7.92 Å². The maximum Gasteiger partial charge on any atom is 0.0169 e. The minimum atomic E-state index is 0.0750. The highest BCUT2D eigenvalue weighted by molar-refractivity contribution is 7.60. The van der Waals surface area contributed by atoms with Crippen LogP contribution in [0.5, 0.6) is 0 Å². The van der Waals surface area contributed by atoms with Crippen molar-refractivity contribution >= 4 is 7.92 Å². The summed E-state index contributed by atoms with van der Waals surface area (Å²) in [5, 5.41) is 1.76. The Hall–Kier alpha value is -0.350. The van der Waals surface area contributed by atoms with Crippen LogP contribution in [0.3, 0.4) is 0 Å². The summed E-state index contributed by atoms with van der Waals surface area (Å²) in [6, 6.07) is 0. The molecule has 0 aromatic rings. The molecule has 0 unspecified atom stereocenters. The zero-order chi connectivity index (χ0) is 12.0. The lowest BCUT2D eigenvalue weighted by molar-refractivity contribution is 0.789. The lowest BCUT2D eigenvalue weighted by atomic mass is 9.95. The molecule has 0 spiro atoms. The molecule has 1 aliphatic rings. The monoisotopic (exact) mass is 236 g/mol. The third-order valence-electron chi connectivity index (χ3n) is 3.07. The summed E-state index contributed by atoms with van der Waals surface area (Å²) in [4.78, 5) is 0. The van der Waals surface area contributed by atoms with Gasteiger partial charge in [-0.05, 0) is 31.5 Å². The van der Waals surface area contributed by atoms with Gasteiger partial charge in [-0.25, -0.2) is 0 Å². The molecule has 90 valence electrons. The average Bonchev–Trinajstić information content (AvgIpc) is 2.76. The van der Waals surface area contributed by atoms with Gasteiger partial charge < -0.3 is 0 Å². The normalized spacial score (nSPS) is 17.3. The molecule has 1 rings (SSSR count). The first-order valence-electron chi connectivity index (χ1n) is 6.44. The Labute approximate surface area is 102 Å². The molecule has 1 aliphatic carbocycles. The third kappa shape index (κ3) is 3.59. The van der Waals surface area contributed by atoms with Crippen LogP contribution in [0.1, 0.15) is 39.5 Å². The summed E-state index contributed by atoms with van der Waals surface area (Å²) >= 11 is 0. The molecule has 0 heterocycles. The van der Waals surface area contributed by atoms with Gasteiger partial charge in [0.05, 0.1) is 0 Å². The van der Waals surface area contributed by atoms with Crippen LogP contribution in [-0.4, -0.2) is 13.3 Å². The van der Waals surface area contributed by atoms with E-state index in [1.165, 1.54) is 25.7 Å². The van der Waals surface area contributed by atoms with E-state index in [1.54, 1.807) is 10.9 Å². The second-order valence-electron chi connectivity index (χ2n) is 4.66. The van der Waals surface area contributed by atoms with Crippen LogP contribution < -0.4 is 0 Å². The number of allylic oxidation sites excluding steroid dienone is 6. The molecule has 0 aliphatic heterocycles. The molecular weight excluding hydrogens is 211 g/mol. The van der Waals surface area contributed by atoms with Gasteiger partial charge in [-0.15, -0.1) is 0 Å². The summed E-state index contributed by atoms with van der Waals surface area (Å²) in [6.45, 7) is 9.39. The van der Waals surface area contributed by atoms with Gasteiger partial charge in [0, 0.05) is 5.92 Å². The van der Waals surface area contributed by atoms with Gasteiger partial charge >= 0.3 is 0 Å². The summed E-state index contributed by atoms with van der Waals surface area (Å²) in [6.07, 6.45) is 14.2. The summed E-state index contributed by atoms with van der Waals surface area (Å²) in [5.74, 6) is 0.603. The Bertz CT molecular complexity index is 283. The van der Waals surface area contributed by atoms with Crippen molar-refractivity contribution in [2.24, 2.45) is 5.92 Å². The predicted octanol–water partition coefficient (Wildman–Crippen LogP) is 5.32. The van der Waals surface area contributed by atoms with E-state index in [2.05, 4.69) is 51.5 Å². The van der Waals surface area contributed by atoms with Gasteiger partial charge in [0.1, 0.15) is 0 Å². The Balaban J connectivity index is 2.97. The van der Waals surface area contributed by atoms with E-state index in [1.807, 2.05) is 0 Å². The van der Waals surface area contributed by atoms with Gasteiger partial charge in [-0.1, -0.05) is 64.5 Å². The second-order valence-corrected chi connectivity index (χ2v) is 6.99. The van der Waals surface area contributed by atoms with E-state index in [4.69, 9.17) is 0 Å². The van der Waals surface area contributed by atoms with Crippen molar-refractivity contribution in [2.45, 2.75) is 39.5 Å². The van der Waals surface area contributed by atoms with Crippen molar-refractivity contribution in [3.05, 3.63) is 35.2 Å². The first-order valence-corrected chi connectivity index (χ1v) is 8.68. The van der Waals surface area contributed by atoms with Crippen molar-refractivity contribution in [3.63, 3.8) is 0 Å². The van der Waals surface area contributed by atoms with Gasteiger partial charge in [0.25, 0.3) is 0 Å². The molecule has 1 heteroatoms. The molecule has 0 aromatic carbocycles. The largest absolute Gasteiger partial charge is 0.0862 e. The van der Waals surface area contributed by atoms with Crippen LogP contribution in [0.2, 0.25) is 0 Å². The molecule has 0 bridgehead atoms. The van der Waals surface area contributed by atoms with Crippen LogP contribution in [0.15, 0.2) is 35.2 Å². The Kier molecular flexibility index (Phi) is 6.06. The quantitative estimate of drug-likeness (QED) is 0.547. The highest BCUT2D eigenvalue weighted by Gasteiger charge is 2.16. The fourth-order valence-electron chi connectivity index (χ4n) is 2.35. The summed E-state index contributed by atoms with van der Waals surface area (Å²) in [5.41, 5.74) is 1.71. The smallest absolute Gasteiger partial charge is 0.0169 e. The van der Waals surface area contributed by atoms with Crippen LogP contribution in [0, 0.1) is 5.92 Å². The number of rotatable bonds is 6. The van der Waals surface area contributed by atoms with E-state index >= 15 is 0 Å². The van der Waals surface area contributed by atoms with Crippen molar-refractivity contribution in [1.29, 1.82) is 0 Å².